The first-order chi connectivity index (χ1) is 17.1. The van der Waals surface area contributed by atoms with Gasteiger partial charge in [0.05, 0.1) is 18.1 Å². The summed E-state index contributed by atoms with van der Waals surface area (Å²) < 4.78 is 0. The normalized spacial score (nSPS) is 13.5. The molecule has 1 aliphatic rings. The average Bonchev–Trinajstić information content (AvgIpc) is 2.86. The summed E-state index contributed by atoms with van der Waals surface area (Å²) in [6, 6.07) is 8.91. The van der Waals surface area contributed by atoms with Crippen molar-refractivity contribution in [2.24, 2.45) is 5.92 Å². The summed E-state index contributed by atoms with van der Waals surface area (Å²) in [5.41, 5.74) is -0.274. The first-order valence-electron chi connectivity index (χ1n) is 12.5. The number of nitriles is 1. The van der Waals surface area contributed by atoms with Crippen molar-refractivity contribution in [2.75, 3.05) is 47.7 Å². The molecule has 2 aromatic rings. The highest BCUT2D eigenvalue weighted by molar-refractivity contribution is 5.37. The molecule has 0 atom stereocenters. The van der Waals surface area contributed by atoms with Crippen LogP contribution >= 0.6 is 0 Å². The van der Waals surface area contributed by atoms with Crippen molar-refractivity contribution in [1.29, 1.82) is 16.1 Å². The molecule has 36 heavy (non-hydrogen) atoms. The molecule has 0 spiro atoms. The van der Waals surface area contributed by atoms with E-state index in [-0.39, 0.29) is 11.0 Å². The fourth-order valence-corrected chi connectivity index (χ4v) is 3.80. The molecule has 2 aromatic heterocycles. The molecular formula is C24H43N11O. The molecule has 1 fully saturated rings. The lowest BCUT2D eigenvalue weighted by Gasteiger charge is -2.38. The maximum absolute atomic E-state index is 10.00. The number of nitrogens with two attached hydrogens (primary N) is 2. The largest absolute Gasteiger partial charge is 0.390 e. The van der Waals surface area contributed by atoms with Crippen LogP contribution in [0.25, 0.3) is 0 Å². The number of hydrogen-bond acceptors (Lipinski definition) is 10. The fourth-order valence-electron chi connectivity index (χ4n) is 3.80. The van der Waals surface area contributed by atoms with Gasteiger partial charge in [-0.05, 0) is 63.3 Å². The van der Waals surface area contributed by atoms with Gasteiger partial charge in [0, 0.05) is 26.2 Å². The van der Waals surface area contributed by atoms with Crippen LogP contribution in [-0.2, 0) is 0 Å². The Balaban J connectivity index is 0.000000339. The number of piperidine rings is 1. The van der Waals surface area contributed by atoms with Crippen molar-refractivity contribution in [2.45, 2.75) is 65.9 Å². The summed E-state index contributed by atoms with van der Waals surface area (Å²) in [5, 5.41) is 41.7. The maximum Gasteiger partial charge on any atom is 0.164 e. The Morgan fingerprint density at radius 3 is 2.08 bits per heavy atom. The quantitative estimate of drug-likeness (QED) is 0.351. The maximum atomic E-state index is 10.00. The smallest absolute Gasteiger partial charge is 0.164 e. The summed E-state index contributed by atoms with van der Waals surface area (Å²) in [5.74, 6) is 12.9. The molecule has 7 N–H and O–H groups in total. The molecule has 12 nitrogen and oxygen atoms in total. The second-order valence-corrected chi connectivity index (χ2v) is 8.85. The van der Waals surface area contributed by atoms with E-state index in [1.54, 1.807) is 18.2 Å². The van der Waals surface area contributed by atoms with Crippen LogP contribution < -0.4 is 32.5 Å². The van der Waals surface area contributed by atoms with Crippen molar-refractivity contribution >= 4 is 11.6 Å². The molecular weight excluding hydrogens is 458 g/mol. The van der Waals surface area contributed by atoms with Gasteiger partial charge < -0.3 is 26.6 Å². The van der Waals surface area contributed by atoms with Crippen LogP contribution in [0.15, 0.2) is 24.3 Å². The Hall–Kier alpha value is -3.59. The van der Waals surface area contributed by atoms with E-state index in [4.69, 9.17) is 27.8 Å². The third-order valence-electron chi connectivity index (χ3n) is 5.82. The Labute approximate surface area is 213 Å². The number of nitrogen functional groups attached to an aromatic ring is 2. The molecule has 0 saturated carbocycles. The summed E-state index contributed by atoms with van der Waals surface area (Å²) in [6.07, 6.45) is 3.31. The molecule has 0 amide bonds. The Morgan fingerprint density at radius 2 is 1.61 bits per heavy atom. The molecule has 12 heteroatoms. The van der Waals surface area contributed by atoms with E-state index in [2.05, 4.69) is 28.1 Å². The lowest BCUT2D eigenvalue weighted by atomic mass is 9.83. The van der Waals surface area contributed by atoms with E-state index in [1.807, 2.05) is 38.7 Å². The van der Waals surface area contributed by atoms with Gasteiger partial charge in [0.25, 0.3) is 0 Å². The second-order valence-electron chi connectivity index (χ2n) is 8.85. The Bertz CT molecular complexity index is 1070. The zero-order chi connectivity index (χ0) is 27.3. The molecule has 3 rings (SSSR count). The lowest BCUT2D eigenvalue weighted by molar-refractivity contribution is 0.00644. The van der Waals surface area contributed by atoms with Crippen LogP contribution in [0.2, 0.25) is 0 Å². The molecule has 0 aliphatic carbocycles. The summed E-state index contributed by atoms with van der Waals surface area (Å²) in [7, 11) is 0. The third-order valence-corrected chi connectivity index (χ3v) is 5.82. The molecule has 200 valence electrons. The Kier molecular flexibility index (Phi) is 12.5. The number of nitrogens with one attached hydrogen (secondary N) is 2. The molecule has 0 unspecified atom stereocenters. The molecule has 1 saturated heterocycles. The minimum Gasteiger partial charge on any atom is -0.390 e. The van der Waals surface area contributed by atoms with Gasteiger partial charge in [0.1, 0.15) is 0 Å². The van der Waals surface area contributed by atoms with Gasteiger partial charge in [0.2, 0.25) is 0 Å². The van der Waals surface area contributed by atoms with Gasteiger partial charge in [-0.2, -0.15) is 14.8 Å². The van der Waals surface area contributed by atoms with Gasteiger partial charge >= 0.3 is 0 Å². The van der Waals surface area contributed by atoms with E-state index in [0.717, 1.165) is 54.3 Å². The van der Waals surface area contributed by atoms with Gasteiger partial charge in [-0.15, -0.1) is 10.2 Å². The molecule has 3 heterocycles. The molecule has 1 aliphatic heterocycles. The lowest BCUT2D eigenvalue weighted by Crippen LogP contribution is -2.43. The first-order valence-corrected chi connectivity index (χ1v) is 12.5. The summed E-state index contributed by atoms with van der Waals surface area (Å²) >= 11 is 0. The Morgan fingerprint density at radius 1 is 1.06 bits per heavy atom. The van der Waals surface area contributed by atoms with Crippen molar-refractivity contribution < 1.29 is 5.11 Å². The highest BCUT2D eigenvalue weighted by Gasteiger charge is 2.30. The van der Waals surface area contributed by atoms with Crippen molar-refractivity contribution in [1.82, 2.24) is 19.8 Å². The molecule has 0 aromatic carbocycles. The zero-order valence-electron chi connectivity index (χ0n) is 22.3. The number of nitrogens with zero attached hydrogens (tertiary/aromatic N) is 7. The van der Waals surface area contributed by atoms with E-state index in [1.165, 1.54) is 0 Å². The van der Waals surface area contributed by atoms with E-state index in [0.29, 0.717) is 24.7 Å². The highest BCUT2D eigenvalue weighted by Crippen LogP contribution is 2.29. The molecule has 0 radical (unpaired) electrons. The van der Waals surface area contributed by atoms with Crippen LogP contribution in [0.5, 0.6) is 0 Å². The minimum atomic E-state index is -0.613. The predicted molar refractivity (Wildman–Crippen MR) is 142 cm³/mol. The van der Waals surface area contributed by atoms with Crippen LogP contribution in [0.3, 0.4) is 0 Å². The third kappa shape index (κ3) is 9.22. The number of aromatic nitrogens is 4. The van der Waals surface area contributed by atoms with Crippen molar-refractivity contribution in [3.63, 3.8) is 0 Å². The van der Waals surface area contributed by atoms with Crippen LogP contribution in [-0.4, -0.2) is 56.7 Å². The highest BCUT2D eigenvalue weighted by atomic mass is 16.3. The standard InChI is InChI=1S/C12H21N5O.C10H16N6.C2H6/c1-12(2,18)9-5-7-16(8-6-9)11-4-3-10(13)17(14)15-11;1-2-7-15(8-3-6-11)10-5-4-9(12)16(13)14-10;1-2/h3-4,9,13,18H,5-8,14H2,1-2H3;4-5,12H,2-3,7-8,13H2,1H3;1-2H3. The monoisotopic (exact) mass is 501 g/mol. The predicted octanol–water partition coefficient (Wildman–Crippen LogP) is 1.30. The average molecular weight is 502 g/mol. The SMILES string of the molecule is CC.CC(C)(O)C1CCN(c2ccc(=N)n(N)n2)CC1.CCCN(CCC#N)c1ccc(=N)n(N)n1. The van der Waals surface area contributed by atoms with Crippen LogP contribution in [0, 0.1) is 28.1 Å². The summed E-state index contributed by atoms with van der Waals surface area (Å²) in [6.45, 7) is 13.0. The second kappa shape index (κ2) is 14.7. The van der Waals surface area contributed by atoms with Gasteiger partial charge in [-0.3, -0.25) is 10.8 Å². The van der Waals surface area contributed by atoms with Crippen LogP contribution in [0.4, 0.5) is 11.6 Å². The first kappa shape index (κ1) is 30.4. The fraction of sp³-hybridized carbons (Fsp3) is 0.625. The van der Waals surface area contributed by atoms with E-state index in [9.17, 15) is 5.11 Å². The van der Waals surface area contributed by atoms with Crippen molar-refractivity contribution in [3.8, 4) is 6.07 Å². The van der Waals surface area contributed by atoms with Gasteiger partial charge in [-0.25, -0.2) is 0 Å². The van der Waals surface area contributed by atoms with Crippen LogP contribution in [0.1, 0.15) is 60.3 Å². The zero-order valence-corrected chi connectivity index (χ0v) is 22.3. The minimum absolute atomic E-state index is 0.153. The molecule has 0 bridgehead atoms. The van der Waals surface area contributed by atoms with E-state index < -0.39 is 5.60 Å². The topological polar surface area (TPSA) is 186 Å². The number of hydrogen-bond donors (Lipinski definition) is 5. The number of rotatable bonds is 7. The van der Waals surface area contributed by atoms with E-state index >= 15 is 0 Å². The van der Waals surface area contributed by atoms with Gasteiger partial charge in [-0.1, -0.05) is 20.8 Å². The number of aliphatic hydroxyl groups is 1. The number of anilines is 2. The van der Waals surface area contributed by atoms with Gasteiger partial charge in [0.15, 0.2) is 22.6 Å². The van der Waals surface area contributed by atoms with Crippen molar-refractivity contribution in [3.05, 3.63) is 35.2 Å². The summed E-state index contributed by atoms with van der Waals surface area (Å²) in [4.78, 5) is 6.25.